The molecule has 0 N–H and O–H groups in total. The van der Waals surface area contributed by atoms with Crippen molar-refractivity contribution in [2.24, 2.45) is 5.92 Å². The van der Waals surface area contributed by atoms with Gasteiger partial charge in [-0.1, -0.05) is 18.2 Å². The number of benzene rings is 1. The zero-order valence-electron chi connectivity index (χ0n) is 13.7. The fourth-order valence-electron chi connectivity index (χ4n) is 3.51. The van der Waals surface area contributed by atoms with E-state index in [-0.39, 0.29) is 29.5 Å². The molecule has 25 heavy (non-hydrogen) atoms. The van der Waals surface area contributed by atoms with Gasteiger partial charge >= 0.3 is 0 Å². The van der Waals surface area contributed by atoms with Crippen LogP contribution in [-0.4, -0.2) is 47.8 Å². The first-order valence-corrected chi connectivity index (χ1v) is 8.51. The number of rotatable bonds is 3. The fourth-order valence-corrected chi connectivity index (χ4v) is 3.51. The summed E-state index contributed by atoms with van der Waals surface area (Å²) < 4.78 is 19.0. The largest absolute Gasteiger partial charge is 0.459 e. The lowest BCUT2D eigenvalue weighted by molar-refractivity contribution is -0.134. The van der Waals surface area contributed by atoms with Crippen LogP contribution in [0.2, 0.25) is 0 Å². The van der Waals surface area contributed by atoms with E-state index in [0.29, 0.717) is 43.9 Å². The van der Waals surface area contributed by atoms with E-state index in [1.807, 2.05) is 0 Å². The highest BCUT2D eigenvalue weighted by Gasteiger charge is 2.47. The summed E-state index contributed by atoms with van der Waals surface area (Å²) in [4.78, 5) is 28.4. The molecule has 1 saturated heterocycles. The van der Waals surface area contributed by atoms with E-state index in [1.54, 1.807) is 40.1 Å². The Labute approximate surface area is 145 Å². The molecule has 4 rings (SSSR count). The van der Waals surface area contributed by atoms with Crippen LogP contribution in [0, 0.1) is 11.7 Å². The van der Waals surface area contributed by atoms with E-state index in [4.69, 9.17) is 4.42 Å². The number of carbonyl (C=O) groups excluding carboxylic acids is 2. The quantitative estimate of drug-likeness (QED) is 0.861. The second kappa shape index (κ2) is 6.35. The summed E-state index contributed by atoms with van der Waals surface area (Å²) in [6.45, 7) is 1.99. The minimum atomic E-state index is -0.239. The molecule has 1 aromatic heterocycles. The molecule has 0 spiro atoms. The summed E-state index contributed by atoms with van der Waals surface area (Å²) in [6, 6.07) is 9.98. The van der Waals surface area contributed by atoms with Gasteiger partial charge in [-0.15, -0.1) is 0 Å². The van der Waals surface area contributed by atoms with Gasteiger partial charge in [0.05, 0.1) is 6.26 Å². The van der Waals surface area contributed by atoms with Crippen LogP contribution in [0.3, 0.4) is 0 Å². The number of furan rings is 1. The average Bonchev–Trinajstić information content (AvgIpc) is 3.24. The summed E-state index contributed by atoms with van der Waals surface area (Å²) in [5.41, 5.74) is 0.632. The van der Waals surface area contributed by atoms with Crippen LogP contribution in [0.4, 0.5) is 4.39 Å². The van der Waals surface area contributed by atoms with E-state index in [1.165, 1.54) is 12.3 Å². The number of hydrogen-bond donors (Lipinski definition) is 0. The van der Waals surface area contributed by atoms with E-state index in [2.05, 4.69) is 0 Å². The van der Waals surface area contributed by atoms with Crippen LogP contribution >= 0.6 is 0 Å². The van der Waals surface area contributed by atoms with Crippen LogP contribution in [0.1, 0.15) is 28.5 Å². The fraction of sp³-hybridized carbons (Fsp3) is 0.368. The van der Waals surface area contributed by atoms with Crippen molar-refractivity contribution < 1.29 is 18.4 Å². The first-order valence-electron chi connectivity index (χ1n) is 8.51. The molecule has 1 aliphatic carbocycles. The maximum Gasteiger partial charge on any atom is 0.289 e. The monoisotopic (exact) mass is 342 g/mol. The zero-order chi connectivity index (χ0) is 17.4. The molecule has 0 bridgehead atoms. The van der Waals surface area contributed by atoms with Gasteiger partial charge in [-0.3, -0.25) is 9.59 Å². The van der Waals surface area contributed by atoms with E-state index in [9.17, 15) is 14.0 Å². The van der Waals surface area contributed by atoms with Crippen molar-refractivity contribution in [1.29, 1.82) is 0 Å². The minimum absolute atomic E-state index is 0.0171. The second-order valence-corrected chi connectivity index (χ2v) is 6.56. The van der Waals surface area contributed by atoms with Gasteiger partial charge in [0.25, 0.3) is 5.91 Å². The highest BCUT2D eigenvalue weighted by Crippen LogP contribution is 2.49. The summed E-state index contributed by atoms with van der Waals surface area (Å²) in [5, 5.41) is 0. The Morgan fingerprint density at radius 1 is 1.00 bits per heavy atom. The van der Waals surface area contributed by atoms with Crippen molar-refractivity contribution in [2.45, 2.75) is 12.3 Å². The Morgan fingerprint density at radius 2 is 1.72 bits per heavy atom. The number of piperazine rings is 1. The van der Waals surface area contributed by atoms with Gasteiger partial charge in [0.2, 0.25) is 5.91 Å². The normalized spacial score (nSPS) is 22.8. The first-order chi connectivity index (χ1) is 12.1. The first kappa shape index (κ1) is 15.9. The van der Waals surface area contributed by atoms with Crippen LogP contribution in [-0.2, 0) is 4.79 Å². The second-order valence-electron chi connectivity index (χ2n) is 6.56. The van der Waals surface area contributed by atoms with Crippen molar-refractivity contribution >= 4 is 11.8 Å². The summed E-state index contributed by atoms with van der Waals surface area (Å²) in [5.74, 6) is -0.148. The van der Waals surface area contributed by atoms with Crippen LogP contribution in [0.5, 0.6) is 0 Å². The van der Waals surface area contributed by atoms with Crippen molar-refractivity contribution in [1.82, 2.24) is 9.80 Å². The molecular weight excluding hydrogens is 323 g/mol. The number of amides is 2. The molecule has 1 aliphatic heterocycles. The maximum absolute atomic E-state index is 13.9. The Bertz CT molecular complexity index is 782. The highest BCUT2D eigenvalue weighted by atomic mass is 19.1. The van der Waals surface area contributed by atoms with Crippen molar-refractivity contribution in [3.63, 3.8) is 0 Å². The third kappa shape index (κ3) is 3.04. The molecule has 2 aliphatic rings. The third-order valence-electron chi connectivity index (χ3n) is 5.02. The van der Waals surface area contributed by atoms with Gasteiger partial charge < -0.3 is 14.2 Å². The molecule has 6 heteroatoms. The van der Waals surface area contributed by atoms with Crippen molar-refractivity contribution in [2.75, 3.05) is 26.2 Å². The number of halogens is 1. The number of carbonyl (C=O) groups is 2. The van der Waals surface area contributed by atoms with E-state index >= 15 is 0 Å². The van der Waals surface area contributed by atoms with E-state index < -0.39 is 0 Å². The lowest BCUT2D eigenvalue weighted by Gasteiger charge is -2.34. The predicted molar refractivity (Wildman–Crippen MR) is 88.4 cm³/mol. The number of nitrogens with zero attached hydrogens (tertiary/aromatic N) is 2. The number of hydrogen-bond acceptors (Lipinski definition) is 3. The Morgan fingerprint density at radius 3 is 2.40 bits per heavy atom. The lowest BCUT2D eigenvalue weighted by Crippen LogP contribution is -2.51. The van der Waals surface area contributed by atoms with Gasteiger partial charge in [0, 0.05) is 32.1 Å². The molecule has 1 aromatic carbocycles. The average molecular weight is 342 g/mol. The van der Waals surface area contributed by atoms with Gasteiger partial charge in [-0.2, -0.15) is 0 Å². The Balaban J connectivity index is 1.33. The molecule has 130 valence electrons. The lowest BCUT2D eigenvalue weighted by atomic mass is 10.1. The van der Waals surface area contributed by atoms with Crippen LogP contribution in [0.25, 0.3) is 0 Å². The predicted octanol–water partition coefficient (Wildman–Crippen LogP) is 2.51. The van der Waals surface area contributed by atoms with E-state index in [0.717, 1.165) is 0 Å². The van der Waals surface area contributed by atoms with Crippen LogP contribution < -0.4 is 0 Å². The molecule has 5 nitrogen and oxygen atoms in total. The Hall–Kier alpha value is -2.63. The smallest absolute Gasteiger partial charge is 0.289 e. The summed E-state index contributed by atoms with van der Waals surface area (Å²) in [7, 11) is 0. The standard InChI is InChI=1S/C19H19FN2O3/c20-16-5-2-1-4-13(16)14-12-15(14)18(23)21-7-9-22(10-8-21)19(24)17-6-3-11-25-17/h1-6,11,14-15H,7-10,12H2. The van der Waals surface area contributed by atoms with Crippen molar-refractivity contribution in [3.8, 4) is 0 Å². The topological polar surface area (TPSA) is 53.8 Å². The molecule has 2 aromatic rings. The maximum atomic E-state index is 13.9. The SMILES string of the molecule is O=C(c1ccco1)N1CCN(C(=O)C2CC2c2ccccc2F)CC1. The molecule has 2 heterocycles. The molecule has 2 fully saturated rings. The Kier molecular flexibility index (Phi) is 4.03. The summed E-state index contributed by atoms with van der Waals surface area (Å²) >= 11 is 0. The molecule has 1 saturated carbocycles. The molecule has 2 atom stereocenters. The van der Waals surface area contributed by atoms with Gasteiger partial charge in [-0.05, 0) is 36.1 Å². The molecular formula is C19H19FN2O3. The van der Waals surface area contributed by atoms with Crippen molar-refractivity contribution in [3.05, 3.63) is 59.8 Å². The molecule has 2 amide bonds. The highest BCUT2D eigenvalue weighted by molar-refractivity contribution is 5.91. The third-order valence-corrected chi connectivity index (χ3v) is 5.02. The minimum Gasteiger partial charge on any atom is -0.459 e. The van der Waals surface area contributed by atoms with Gasteiger partial charge in [0.15, 0.2) is 5.76 Å². The van der Waals surface area contributed by atoms with Gasteiger partial charge in [-0.25, -0.2) is 4.39 Å². The zero-order valence-corrected chi connectivity index (χ0v) is 13.7. The molecule has 0 radical (unpaired) electrons. The van der Waals surface area contributed by atoms with Crippen LogP contribution in [0.15, 0.2) is 47.1 Å². The molecule has 2 unspecified atom stereocenters. The summed E-state index contributed by atoms with van der Waals surface area (Å²) in [6.07, 6.45) is 2.17. The van der Waals surface area contributed by atoms with Gasteiger partial charge in [0.1, 0.15) is 5.82 Å².